The van der Waals surface area contributed by atoms with E-state index in [1.165, 1.54) is 64.2 Å². The first-order valence-electron chi connectivity index (χ1n) is 33.3. The van der Waals surface area contributed by atoms with Gasteiger partial charge < -0.3 is 14.2 Å². The quantitative estimate of drug-likeness (QED) is 0.0261. The van der Waals surface area contributed by atoms with Gasteiger partial charge in [0.15, 0.2) is 6.10 Å². The molecule has 83 heavy (non-hydrogen) atoms. The van der Waals surface area contributed by atoms with Gasteiger partial charge in [-0.2, -0.15) is 0 Å². The average Bonchev–Trinajstić information content (AvgIpc) is 3.48. The zero-order valence-corrected chi connectivity index (χ0v) is 53.1. The Morgan fingerprint density at radius 1 is 0.253 bits per heavy atom. The van der Waals surface area contributed by atoms with Gasteiger partial charge in [0.2, 0.25) is 0 Å². The van der Waals surface area contributed by atoms with Gasteiger partial charge in [-0.15, -0.1) is 0 Å². The van der Waals surface area contributed by atoms with Crippen LogP contribution in [0.1, 0.15) is 265 Å². The molecule has 0 aliphatic rings. The van der Waals surface area contributed by atoms with Crippen LogP contribution in [0.25, 0.3) is 0 Å². The second-order valence-corrected chi connectivity index (χ2v) is 21.3. The molecule has 0 rings (SSSR count). The molecule has 0 aromatic rings. The molecule has 0 saturated heterocycles. The van der Waals surface area contributed by atoms with Crippen LogP contribution in [0.4, 0.5) is 0 Å². The summed E-state index contributed by atoms with van der Waals surface area (Å²) in [6, 6.07) is 0. The van der Waals surface area contributed by atoms with Crippen molar-refractivity contribution in [2.45, 2.75) is 271 Å². The number of allylic oxidation sites excluding steroid dienone is 30. The number of hydrogen-bond donors (Lipinski definition) is 0. The molecule has 0 fully saturated rings. The maximum atomic E-state index is 12.8. The van der Waals surface area contributed by atoms with Crippen molar-refractivity contribution in [2.75, 3.05) is 13.2 Å². The molecule has 1 unspecified atom stereocenters. The van der Waals surface area contributed by atoms with Crippen LogP contribution >= 0.6 is 0 Å². The maximum absolute atomic E-state index is 12.8. The summed E-state index contributed by atoms with van der Waals surface area (Å²) in [4.78, 5) is 38.0. The van der Waals surface area contributed by atoms with Gasteiger partial charge in [-0.05, 0) is 135 Å². The summed E-state index contributed by atoms with van der Waals surface area (Å²) in [5, 5.41) is 0. The van der Waals surface area contributed by atoms with E-state index in [1.54, 1.807) is 0 Å². The minimum Gasteiger partial charge on any atom is -0.462 e. The van der Waals surface area contributed by atoms with Crippen molar-refractivity contribution >= 4 is 17.9 Å². The predicted octanol–water partition coefficient (Wildman–Crippen LogP) is 23.2. The second-order valence-electron chi connectivity index (χ2n) is 21.3. The first-order chi connectivity index (χ1) is 41.0. The lowest BCUT2D eigenvalue weighted by molar-refractivity contribution is -0.167. The highest BCUT2D eigenvalue weighted by atomic mass is 16.6. The molecule has 464 valence electrons. The van der Waals surface area contributed by atoms with Crippen molar-refractivity contribution < 1.29 is 28.6 Å². The lowest BCUT2D eigenvalue weighted by atomic mass is 10.0. The molecule has 0 amide bonds. The van der Waals surface area contributed by atoms with Gasteiger partial charge >= 0.3 is 17.9 Å². The maximum Gasteiger partial charge on any atom is 0.306 e. The number of ether oxygens (including phenoxy) is 3. The normalized spacial score (nSPS) is 13.3. The van der Waals surface area contributed by atoms with Crippen molar-refractivity contribution in [3.8, 4) is 0 Å². The molecule has 1 atom stereocenters. The molecule has 0 saturated carbocycles. The summed E-state index contributed by atoms with van der Waals surface area (Å²) in [6.45, 7) is 6.27. The van der Waals surface area contributed by atoms with E-state index < -0.39 is 6.10 Å². The number of esters is 3. The fraction of sp³-hybridized carbons (Fsp3) is 0.571. The van der Waals surface area contributed by atoms with Crippen LogP contribution < -0.4 is 0 Å². The molecular weight excluding hydrogens is 1020 g/mol. The number of unbranched alkanes of at least 4 members (excludes halogenated alkanes) is 17. The van der Waals surface area contributed by atoms with Gasteiger partial charge in [0, 0.05) is 19.3 Å². The summed E-state index contributed by atoms with van der Waals surface area (Å²) >= 11 is 0. The van der Waals surface area contributed by atoms with E-state index in [1.807, 2.05) is 0 Å². The van der Waals surface area contributed by atoms with E-state index in [9.17, 15) is 14.4 Å². The lowest BCUT2D eigenvalue weighted by Crippen LogP contribution is -2.30. The Bertz CT molecular complexity index is 1940. The SMILES string of the molecule is CC/C=C\C/C=C\C/C=C\C/C=C\C/C=C\C/C=C\C/C=C\C/C=C\C/C=C\CCCC(=O)OC(COC(=O)CCCCCCC)COC(=O)CCCCCCCCCCCCCC/C=C\C/C=C\C/C=C\C/C=C\C/C=C\C/C=C\CC. The molecule has 6 nitrogen and oxygen atoms in total. The van der Waals surface area contributed by atoms with Gasteiger partial charge in [0.05, 0.1) is 0 Å². The fourth-order valence-electron chi connectivity index (χ4n) is 8.51. The van der Waals surface area contributed by atoms with E-state index in [2.05, 4.69) is 203 Å². The number of carbonyl (C=O) groups excluding carboxylic acids is 3. The Labute approximate surface area is 510 Å². The van der Waals surface area contributed by atoms with Crippen molar-refractivity contribution in [1.82, 2.24) is 0 Å². The minimum atomic E-state index is -0.816. The van der Waals surface area contributed by atoms with Gasteiger partial charge in [-0.25, -0.2) is 0 Å². The van der Waals surface area contributed by atoms with Crippen molar-refractivity contribution in [3.05, 3.63) is 182 Å². The molecule has 0 heterocycles. The standard InChI is InChI=1S/C77H120O6/c1-4-7-10-13-15-17-19-21-23-25-27-29-31-33-35-37-38-40-41-43-45-47-49-51-53-55-57-59-61-64-67-70-76(79)82-73-74(72-81-75(78)69-66-63-12-9-6-3)83-77(80)71-68-65-62-60-58-56-54-52-50-48-46-44-42-39-36-34-32-30-28-26-24-22-20-18-16-14-11-8-5-2/h7-8,10-11,15-18,21-24,27-30,33-36,38,40,42,44,48,50,54,56,60,62,74H,4-6,9,12-14,19-20,25-26,31-32,37,39,41,43,45-47,49,51-53,55,57-59,61,63-73H2,1-3H3/b10-7-,11-8-,17-15-,18-16-,23-21-,24-22-,29-27-,30-28-,35-33-,36-34-,40-38-,44-42-,50-48-,56-54-,62-60-. The third kappa shape index (κ3) is 67.2. The largest absolute Gasteiger partial charge is 0.462 e. The molecule has 0 aromatic carbocycles. The van der Waals surface area contributed by atoms with E-state index in [0.29, 0.717) is 19.3 Å². The molecule has 0 spiro atoms. The monoisotopic (exact) mass is 1140 g/mol. The average molecular weight is 1140 g/mol. The highest BCUT2D eigenvalue weighted by molar-refractivity contribution is 5.71. The molecule has 0 bridgehead atoms. The van der Waals surface area contributed by atoms with Crippen LogP contribution in [0.3, 0.4) is 0 Å². The topological polar surface area (TPSA) is 78.9 Å². The van der Waals surface area contributed by atoms with E-state index in [0.717, 1.165) is 154 Å². The summed E-state index contributed by atoms with van der Waals surface area (Å²) in [5.41, 5.74) is 0. The van der Waals surface area contributed by atoms with E-state index in [-0.39, 0.29) is 37.5 Å². The number of hydrogen-bond acceptors (Lipinski definition) is 6. The molecule has 0 aromatic heterocycles. The van der Waals surface area contributed by atoms with Crippen LogP contribution in [0.15, 0.2) is 182 Å². The molecule has 0 aliphatic carbocycles. The fourth-order valence-corrected chi connectivity index (χ4v) is 8.51. The van der Waals surface area contributed by atoms with E-state index >= 15 is 0 Å². The van der Waals surface area contributed by atoms with Crippen LogP contribution in [0.5, 0.6) is 0 Å². The van der Waals surface area contributed by atoms with Gasteiger partial charge in [-0.3, -0.25) is 14.4 Å². The molecular formula is C77H120O6. The Morgan fingerprint density at radius 2 is 0.482 bits per heavy atom. The zero-order valence-electron chi connectivity index (χ0n) is 53.1. The Balaban J connectivity index is 4.17. The third-order valence-electron chi connectivity index (χ3n) is 13.4. The van der Waals surface area contributed by atoms with Gasteiger partial charge in [-0.1, -0.05) is 293 Å². The first-order valence-corrected chi connectivity index (χ1v) is 33.3. The number of rotatable bonds is 58. The van der Waals surface area contributed by atoms with Crippen LogP contribution in [0.2, 0.25) is 0 Å². The molecule has 6 heteroatoms. The summed E-state index contributed by atoms with van der Waals surface area (Å²) < 4.78 is 16.7. The van der Waals surface area contributed by atoms with Gasteiger partial charge in [0.25, 0.3) is 0 Å². The molecule has 0 aliphatic heterocycles. The Kier molecular flexibility index (Phi) is 64.4. The first kappa shape index (κ1) is 77.5. The summed E-state index contributed by atoms with van der Waals surface area (Å²) in [5.74, 6) is -0.992. The lowest BCUT2D eigenvalue weighted by Gasteiger charge is -2.18. The predicted molar refractivity (Wildman–Crippen MR) is 361 cm³/mol. The molecule has 0 N–H and O–H groups in total. The van der Waals surface area contributed by atoms with Crippen molar-refractivity contribution in [3.63, 3.8) is 0 Å². The zero-order chi connectivity index (χ0) is 59.9. The highest BCUT2D eigenvalue weighted by Crippen LogP contribution is 2.15. The smallest absolute Gasteiger partial charge is 0.306 e. The van der Waals surface area contributed by atoms with Crippen molar-refractivity contribution in [2.24, 2.45) is 0 Å². The van der Waals surface area contributed by atoms with E-state index in [4.69, 9.17) is 14.2 Å². The third-order valence-corrected chi connectivity index (χ3v) is 13.4. The summed E-state index contributed by atoms with van der Waals surface area (Å²) in [7, 11) is 0. The van der Waals surface area contributed by atoms with Crippen LogP contribution in [-0.2, 0) is 28.6 Å². The Morgan fingerprint density at radius 3 is 0.771 bits per heavy atom. The van der Waals surface area contributed by atoms with Crippen LogP contribution in [0, 0.1) is 0 Å². The highest BCUT2D eigenvalue weighted by Gasteiger charge is 2.19. The van der Waals surface area contributed by atoms with Crippen molar-refractivity contribution in [1.29, 1.82) is 0 Å². The number of carbonyl (C=O) groups is 3. The summed E-state index contributed by atoms with van der Waals surface area (Å²) in [6.07, 6.45) is 104. The van der Waals surface area contributed by atoms with Gasteiger partial charge in [0.1, 0.15) is 13.2 Å². The van der Waals surface area contributed by atoms with Crippen LogP contribution in [-0.4, -0.2) is 37.2 Å². The second kappa shape index (κ2) is 69.0. The Hall–Kier alpha value is -5.49. The molecule has 0 radical (unpaired) electrons. The minimum absolute atomic E-state index is 0.109.